The van der Waals surface area contributed by atoms with Crippen molar-refractivity contribution in [2.24, 2.45) is 0 Å². The molecule has 0 bridgehead atoms. The smallest absolute Gasteiger partial charge is 0.336 e. The fourth-order valence-electron chi connectivity index (χ4n) is 0.397. The van der Waals surface area contributed by atoms with Crippen LogP contribution in [0, 0.1) is 0 Å². The number of carbonyl (C=O) groups is 1. The van der Waals surface area contributed by atoms with Gasteiger partial charge in [-0.15, -0.1) is 0 Å². The average Bonchev–Trinajstić information content (AvgIpc) is 1.98. The van der Waals surface area contributed by atoms with Crippen molar-refractivity contribution in [1.82, 2.24) is 4.72 Å². The molecule has 7 heteroatoms. The van der Waals surface area contributed by atoms with E-state index in [1.165, 1.54) is 0 Å². The van der Waals surface area contributed by atoms with E-state index in [4.69, 9.17) is 5.11 Å². The van der Waals surface area contributed by atoms with Crippen molar-refractivity contribution in [2.75, 3.05) is 13.2 Å². The molecule has 0 atom stereocenters. The number of aliphatic carboxylic acids is 1. The third-order valence-corrected chi connectivity index (χ3v) is 1.85. The predicted molar refractivity (Wildman–Crippen MR) is 40.8 cm³/mol. The van der Waals surface area contributed by atoms with Crippen molar-refractivity contribution in [1.29, 1.82) is 0 Å². The van der Waals surface area contributed by atoms with Crippen LogP contribution in [0.3, 0.4) is 0 Å². The van der Waals surface area contributed by atoms with Crippen LogP contribution in [-0.4, -0.2) is 32.6 Å². The quantitative estimate of drug-likeness (QED) is 0.589. The van der Waals surface area contributed by atoms with E-state index in [1.807, 2.05) is 0 Å². The largest absolute Gasteiger partial charge is 0.479 e. The Morgan fingerprint density at radius 3 is 2.58 bits per heavy atom. The summed E-state index contributed by atoms with van der Waals surface area (Å²) in [6.07, 6.45) is 0.621. The number of carboxylic acid groups (broad SMARTS) is 1. The molecule has 6 nitrogen and oxygen atoms in total. The normalized spacial score (nSPS) is 11.4. The Balaban J connectivity index is 3.80. The minimum absolute atomic E-state index is 0.238. The van der Waals surface area contributed by atoms with Crippen LogP contribution in [0.4, 0.5) is 0 Å². The van der Waals surface area contributed by atoms with Crippen molar-refractivity contribution in [3.8, 4) is 0 Å². The summed E-state index contributed by atoms with van der Waals surface area (Å²) in [5, 5.41) is 8.09. The standard InChI is InChI=1S/C5H11NO5S/c1-2-3-6-12(9,10)11-4-5(7)8/h6H,2-4H2,1H3,(H,7,8). The first kappa shape index (κ1) is 11.3. The second-order valence-electron chi connectivity index (χ2n) is 2.00. The summed E-state index contributed by atoms with van der Waals surface area (Å²) in [5.41, 5.74) is 0. The molecule has 0 rings (SSSR count). The molecule has 0 unspecified atom stereocenters. The maximum atomic E-state index is 10.7. The molecule has 0 aliphatic heterocycles. The zero-order chi connectivity index (χ0) is 9.61. The van der Waals surface area contributed by atoms with E-state index >= 15 is 0 Å². The van der Waals surface area contributed by atoms with E-state index in [2.05, 4.69) is 8.91 Å². The zero-order valence-electron chi connectivity index (χ0n) is 6.61. The molecule has 0 aromatic carbocycles. The monoisotopic (exact) mass is 197 g/mol. The molecular formula is C5H11NO5S. The van der Waals surface area contributed by atoms with Gasteiger partial charge in [0.1, 0.15) is 0 Å². The lowest BCUT2D eigenvalue weighted by Crippen LogP contribution is -2.28. The maximum Gasteiger partial charge on any atom is 0.336 e. The van der Waals surface area contributed by atoms with Gasteiger partial charge in [-0.25, -0.2) is 8.98 Å². The Morgan fingerprint density at radius 1 is 1.58 bits per heavy atom. The number of rotatable bonds is 6. The lowest BCUT2D eigenvalue weighted by atomic mass is 10.5. The van der Waals surface area contributed by atoms with E-state index < -0.39 is 22.9 Å². The van der Waals surface area contributed by atoms with E-state index in [0.29, 0.717) is 6.42 Å². The predicted octanol–water partition coefficient (Wildman–Crippen LogP) is -0.668. The topological polar surface area (TPSA) is 92.7 Å². The van der Waals surface area contributed by atoms with Crippen LogP contribution in [0.15, 0.2) is 0 Å². The highest BCUT2D eigenvalue weighted by Crippen LogP contribution is 1.87. The molecule has 0 amide bonds. The van der Waals surface area contributed by atoms with Crippen molar-refractivity contribution in [3.63, 3.8) is 0 Å². The third kappa shape index (κ3) is 6.08. The van der Waals surface area contributed by atoms with Crippen LogP contribution < -0.4 is 4.72 Å². The summed E-state index contributed by atoms with van der Waals surface area (Å²) in [7, 11) is -3.87. The van der Waals surface area contributed by atoms with Gasteiger partial charge in [-0.2, -0.15) is 13.1 Å². The number of carboxylic acids is 1. The Kier molecular flexibility index (Phi) is 4.79. The molecule has 0 heterocycles. The minimum atomic E-state index is -3.87. The van der Waals surface area contributed by atoms with Crippen molar-refractivity contribution in [2.45, 2.75) is 13.3 Å². The van der Waals surface area contributed by atoms with Crippen molar-refractivity contribution in [3.05, 3.63) is 0 Å². The van der Waals surface area contributed by atoms with Gasteiger partial charge in [-0.05, 0) is 6.42 Å². The molecule has 12 heavy (non-hydrogen) atoms. The van der Waals surface area contributed by atoms with Crippen LogP contribution >= 0.6 is 0 Å². The average molecular weight is 197 g/mol. The summed E-state index contributed by atoms with van der Waals surface area (Å²) < 4.78 is 27.5. The van der Waals surface area contributed by atoms with Crippen LogP contribution in [0.25, 0.3) is 0 Å². The first-order chi connectivity index (χ1) is 5.48. The Morgan fingerprint density at radius 2 is 2.17 bits per heavy atom. The van der Waals surface area contributed by atoms with Gasteiger partial charge >= 0.3 is 16.3 Å². The Labute approximate surface area is 70.8 Å². The van der Waals surface area contributed by atoms with Gasteiger partial charge in [-0.1, -0.05) is 6.92 Å². The van der Waals surface area contributed by atoms with Crippen molar-refractivity contribution < 1.29 is 22.5 Å². The summed E-state index contributed by atoms with van der Waals surface area (Å²) >= 11 is 0. The van der Waals surface area contributed by atoms with Crippen molar-refractivity contribution >= 4 is 16.3 Å². The summed E-state index contributed by atoms with van der Waals surface area (Å²) in [4.78, 5) is 9.90. The van der Waals surface area contributed by atoms with E-state index in [1.54, 1.807) is 6.92 Å². The van der Waals surface area contributed by atoms with E-state index in [0.717, 1.165) is 0 Å². The van der Waals surface area contributed by atoms with Gasteiger partial charge in [0.15, 0.2) is 6.61 Å². The summed E-state index contributed by atoms with van der Waals surface area (Å²) in [6, 6.07) is 0. The fourth-order valence-corrected chi connectivity index (χ4v) is 1.19. The third-order valence-electron chi connectivity index (χ3n) is 0.866. The molecule has 0 spiro atoms. The highest BCUT2D eigenvalue weighted by Gasteiger charge is 2.10. The number of nitrogens with one attached hydrogen (secondary N) is 1. The Bertz CT molecular complexity index is 234. The first-order valence-corrected chi connectivity index (χ1v) is 4.74. The lowest BCUT2D eigenvalue weighted by molar-refractivity contribution is -0.139. The van der Waals surface area contributed by atoms with Crippen LogP contribution in [0.5, 0.6) is 0 Å². The van der Waals surface area contributed by atoms with Gasteiger partial charge in [0.25, 0.3) is 0 Å². The molecule has 0 saturated carbocycles. The molecule has 0 radical (unpaired) electrons. The molecule has 0 aliphatic rings. The minimum Gasteiger partial charge on any atom is -0.479 e. The van der Waals surface area contributed by atoms with E-state index in [9.17, 15) is 13.2 Å². The molecule has 72 valence electrons. The van der Waals surface area contributed by atoms with Gasteiger partial charge < -0.3 is 5.11 Å². The summed E-state index contributed by atoms with van der Waals surface area (Å²) in [5.74, 6) is -1.32. The Hall–Kier alpha value is -0.660. The van der Waals surface area contributed by atoms with E-state index in [-0.39, 0.29) is 6.54 Å². The van der Waals surface area contributed by atoms with Gasteiger partial charge in [-0.3, -0.25) is 0 Å². The fraction of sp³-hybridized carbons (Fsp3) is 0.800. The molecule has 0 aliphatic carbocycles. The highest BCUT2D eigenvalue weighted by molar-refractivity contribution is 7.84. The SMILES string of the molecule is CCCNS(=O)(=O)OCC(=O)O. The molecule has 0 fully saturated rings. The number of hydrogen-bond donors (Lipinski definition) is 2. The van der Waals surface area contributed by atoms with Gasteiger partial charge in [0.2, 0.25) is 0 Å². The lowest BCUT2D eigenvalue weighted by Gasteiger charge is -2.02. The van der Waals surface area contributed by atoms with Gasteiger partial charge in [0, 0.05) is 6.54 Å². The zero-order valence-corrected chi connectivity index (χ0v) is 7.43. The van der Waals surface area contributed by atoms with Crippen LogP contribution in [-0.2, 0) is 19.3 Å². The maximum absolute atomic E-state index is 10.7. The van der Waals surface area contributed by atoms with Crippen LogP contribution in [0.2, 0.25) is 0 Å². The second kappa shape index (κ2) is 5.07. The summed E-state index contributed by atoms with van der Waals surface area (Å²) in [6.45, 7) is 1.17. The second-order valence-corrected chi connectivity index (χ2v) is 3.44. The van der Waals surface area contributed by atoms with Crippen LogP contribution in [0.1, 0.15) is 13.3 Å². The molecule has 0 aromatic rings. The molecule has 2 N–H and O–H groups in total. The molecular weight excluding hydrogens is 186 g/mol. The molecule has 0 saturated heterocycles. The molecule has 0 aromatic heterocycles. The highest BCUT2D eigenvalue weighted by atomic mass is 32.2. The number of hydrogen-bond acceptors (Lipinski definition) is 4. The van der Waals surface area contributed by atoms with Gasteiger partial charge in [0.05, 0.1) is 0 Å². The first-order valence-electron chi connectivity index (χ1n) is 3.33.